The Morgan fingerprint density at radius 3 is 2.65 bits per heavy atom. The summed E-state index contributed by atoms with van der Waals surface area (Å²) in [5.41, 5.74) is 1.46. The van der Waals surface area contributed by atoms with E-state index >= 15 is 0 Å². The van der Waals surface area contributed by atoms with Gasteiger partial charge in [-0.3, -0.25) is 0 Å². The number of aromatic nitrogens is 2. The third-order valence-corrected chi connectivity index (χ3v) is 8.29. The highest BCUT2D eigenvalue weighted by atomic mass is 32.2. The zero-order valence-electron chi connectivity index (χ0n) is 13.9. The molecule has 0 aliphatic carbocycles. The fourth-order valence-electron chi connectivity index (χ4n) is 3.04. The summed E-state index contributed by atoms with van der Waals surface area (Å²) in [5, 5.41) is 0. The molecule has 124 valence electrons. The van der Waals surface area contributed by atoms with Crippen LogP contribution in [0.15, 0.2) is 49.1 Å². The summed E-state index contributed by atoms with van der Waals surface area (Å²) in [4.78, 5) is 4.22. The number of hydrogen-bond donors (Lipinski definition) is 0. The average molecular weight is 347 g/mol. The van der Waals surface area contributed by atoms with Crippen LogP contribution in [-0.2, 0) is 13.0 Å². The summed E-state index contributed by atoms with van der Waals surface area (Å²) in [6, 6.07) is 10.9. The van der Waals surface area contributed by atoms with E-state index in [1.54, 1.807) is 0 Å². The van der Waals surface area contributed by atoms with Crippen molar-refractivity contribution in [1.82, 2.24) is 9.55 Å². The first kappa shape index (κ1) is 17.0. The molecule has 0 N–H and O–H groups in total. The summed E-state index contributed by atoms with van der Waals surface area (Å²) in [6.07, 6.45) is 11.0. The molecule has 1 aliphatic rings. The Morgan fingerprint density at radius 1 is 1.22 bits per heavy atom. The molecule has 0 amide bonds. The topological polar surface area (TPSA) is 17.8 Å². The second-order valence-electron chi connectivity index (χ2n) is 6.38. The fourth-order valence-corrected chi connectivity index (χ4v) is 6.78. The molecule has 1 aliphatic heterocycles. The number of benzene rings is 1. The number of thioether (sulfide) groups is 2. The van der Waals surface area contributed by atoms with Gasteiger partial charge in [-0.25, -0.2) is 4.98 Å². The van der Waals surface area contributed by atoms with Gasteiger partial charge in [-0.1, -0.05) is 43.7 Å². The van der Waals surface area contributed by atoms with Crippen molar-refractivity contribution in [2.75, 3.05) is 11.5 Å². The quantitative estimate of drug-likeness (QED) is 0.694. The Bertz CT molecular complexity index is 560. The molecule has 23 heavy (non-hydrogen) atoms. The van der Waals surface area contributed by atoms with Gasteiger partial charge in [0.15, 0.2) is 0 Å². The van der Waals surface area contributed by atoms with Gasteiger partial charge >= 0.3 is 0 Å². The zero-order valence-corrected chi connectivity index (χ0v) is 15.5. The van der Waals surface area contributed by atoms with Crippen molar-refractivity contribution in [2.24, 2.45) is 5.92 Å². The number of imidazole rings is 1. The highest BCUT2D eigenvalue weighted by Crippen LogP contribution is 2.49. The van der Waals surface area contributed by atoms with Crippen LogP contribution in [-0.4, -0.2) is 25.1 Å². The minimum Gasteiger partial charge on any atom is -0.335 e. The average Bonchev–Trinajstić information content (AvgIpc) is 3.09. The molecule has 2 aromatic rings. The van der Waals surface area contributed by atoms with Crippen molar-refractivity contribution in [3.05, 3.63) is 54.6 Å². The van der Waals surface area contributed by atoms with E-state index in [4.69, 9.17) is 0 Å². The van der Waals surface area contributed by atoms with E-state index in [-0.39, 0.29) is 0 Å². The lowest BCUT2D eigenvalue weighted by molar-refractivity contribution is 0.550. The van der Waals surface area contributed by atoms with E-state index in [0.717, 1.165) is 12.5 Å². The molecule has 0 atom stereocenters. The first-order valence-corrected chi connectivity index (χ1v) is 10.5. The summed E-state index contributed by atoms with van der Waals surface area (Å²) < 4.78 is 2.58. The Balaban J connectivity index is 1.61. The lowest BCUT2D eigenvalue weighted by atomic mass is 10.1. The summed E-state index contributed by atoms with van der Waals surface area (Å²) in [7, 11) is 0. The normalized spacial score (nSPS) is 24.7. The van der Waals surface area contributed by atoms with Crippen LogP contribution in [0.4, 0.5) is 0 Å². The Kier molecular flexibility index (Phi) is 6.12. The molecule has 0 spiro atoms. The van der Waals surface area contributed by atoms with Crippen molar-refractivity contribution in [2.45, 2.75) is 43.2 Å². The number of nitrogens with zero attached hydrogens (tertiary/aromatic N) is 2. The Morgan fingerprint density at radius 2 is 2.00 bits per heavy atom. The molecule has 0 unspecified atom stereocenters. The molecule has 0 saturated carbocycles. The maximum atomic E-state index is 4.22. The van der Waals surface area contributed by atoms with Gasteiger partial charge in [-0.05, 0) is 42.2 Å². The monoisotopic (exact) mass is 346 g/mol. The summed E-state index contributed by atoms with van der Waals surface area (Å²) >= 11 is 4.38. The fraction of sp³-hybridized carbons (Fsp3) is 0.526. The van der Waals surface area contributed by atoms with Gasteiger partial charge in [-0.2, -0.15) is 0 Å². The molecule has 1 fully saturated rings. The SMILES string of the molecule is CCC1CSC(CCCc2ccccc2)(Cn2ccnc2)SC1. The van der Waals surface area contributed by atoms with E-state index in [9.17, 15) is 0 Å². The first-order valence-electron chi connectivity index (χ1n) is 8.57. The summed E-state index contributed by atoms with van der Waals surface area (Å²) in [6.45, 7) is 3.40. The van der Waals surface area contributed by atoms with Crippen LogP contribution < -0.4 is 0 Å². The van der Waals surface area contributed by atoms with Gasteiger partial charge in [0.25, 0.3) is 0 Å². The molecule has 1 aromatic heterocycles. The van der Waals surface area contributed by atoms with Crippen LogP contribution in [0.2, 0.25) is 0 Å². The third kappa shape index (κ3) is 4.80. The molecule has 0 bridgehead atoms. The van der Waals surface area contributed by atoms with Crippen molar-refractivity contribution in [3.8, 4) is 0 Å². The predicted octanol–water partition coefficient (Wildman–Crippen LogP) is 5.11. The van der Waals surface area contributed by atoms with Gasteiger partial charge in [0.1, 0.15) is 0 Å². The van der Waals surface area contributed by atoms with E-state index in [1.165, 1.54) is 42.8 Å². The largest absolute Gasteiger partial charge is 0.335 e. The minimum absolute atomic E-state index is 0.321. The first-order chi connectivity index (χ1) is 11.3. The van der Waals surface area contributed by atoms with Crippen molar-refractivity contribution in [3.63, 3.8) is 0 Å². The van der Waals surface area contributed by atoms with Crippen molar-refractivity contribution in [1.29, 1.82) is 0 Å². The van der Waals surface area contributed by atoms with Crippen LogP contribution in [0, 0.1) is 5.92 Å². The van der Waals surface area contributed by atoms with Gasteiger partial charge < -0.3 is 4.57 Å². The molecule has 3 rings (SSSR count). The molecule has 2 nitrogen and oxygen atoms in total. The second-order valence-corrected chi connectivity index (χ2v) is 9.45. The minimum atomic E-state index is 0.321. The number of rotatable bonds is 7. The highest BCUT2D eigenvalue weighted by molar-refractivity contribution is 8.18. The van der Waals surface area contributed by atoms with Crippen LogP contribution in [0.1, 0.15) is 31.7 Å². The second kappa shape index (κ2) is 8.29. The molecule has 0 radical (unpaired) electrons. The van der Waals surface area contributed by atoms with Crippen LogP contribution in [0.25, 0.3) is 0 Å². The highest BCUT2D eigenvalue weighted by Gasteiger charge is 2.36. The molecular formula is C19H26N2S2. The number of aryl methyl sites for hydroxylation is 1. The van der Waals surface area contributed by atoms with Gasteiger partial charge in [0.2, 0.25) is 0 Å². The molecule has 1 aromatic carbocycles. The Hall–Kier alpha value is -0.870. The third-order valence-electron chi connectivity index (χ3n) is 4.59. The number of hydrogen-bond acceptors (Lipinski definition) is 3. The summed E-state index contributed by atoms with van der Waals surface area (Å²) in [5.74, 6) is 3.50. The zero-order chi connectivity index (χ0) is 16.0. The molecule has 4 heteroatoms. The van der Waals surface area contributed by atoms with Crippen molar-refractivity contribution >= 4 is 23.5 Å². The molecule has 1 saturated heterocycles. The van der Waals surface area contributed by atoms with E-state index in [2.05, 4.69) is 76.5 Å². The van der Waals surface area contributed by atoms with Crippen molar-refractivity contribution < 1.29 is 0 Å². The predicted molar refractivity (Wildman–Crippen MR) is 103 cm³/mol. The van der Waals surface area contributed by atoms with Crippen LogP contribution >= 0.6 is 23.5 Å². The van der Waals surface area contributed by atoms with Crippen LogP contribution in [0.3, 0.4) is 0 Å². The smallest absolute Gasteiger partial charge is 0.0946 e. The van der Waals surface area contributed by atoms with Gasteiger partial charge in [-0.15, -0.1) is 23.5 Å². The van der Waals surface area contributed by atoms with E-state index in [0.29, 0.717) is 4.08 Å². The Labute approximate surface area is 148 Å². The maximum Gasteiger partial charge on any atom is 0.0946 e. The van der Waals surface area contributed by atoms with Gasteiger partial charge in [0, 0.05) is 18.9 Å². The molecular weight excluding hydrogens is 320 g/mol. The lowest BCUT2D eigenvalue weighted by Gasteiger charge is -2.39. The lowest BCUT2D eigenvalue weighted by Crippen LogP contribution is -2.33. The van der Waals surface area contributed by atoms with Gasteiger partial charge in [0.05, 0.1) is 10.4 Å². The standard InChI is InChI=1S/C19H26N2S2/c1-2-17-13-22-19(23-14-17,15-21-12-11-20-16-21)10-6-9-18-7-4-3-5-8-18/h3-5,7-8,11-12,16-17H,2,6,9-10,13-15H2,1H3. The van der Waals surface area contributed by atoms with E-state index in [1.807, 2.05) is 12.5 Å². The molecule has 2 heterocycles. The van der Waals surface area contributed by atoms with Crippen LogP contribution in [0.5, 0.6) is 0 Å². The van der Waals surface area contributed by atoms with E-state index < -0.39 is 0 Å². The maximum absolute atomic E-state index is 4.22.